The van der Waals surface area contributed by atoms with E-state index in [1.54, 1.807) is 32.9 Å². The number of hydrogen-bond donors (Lipinski definition) is 1. The largest absolute Gasteiger partial charge is 0.468 e. The first-order valence-electron chi connectivity index (χ1n) is 5.95. The van der Waals surface area contributed by atoms with E-state index in [1.807, 2.05) is 0 Å². The van der Waals surface area contributed by atoms with Crippen molar-refractivity contribution in [3.05, 3.63) is 12.2 Å². The highest BCUT2D eigenvalue weighted by Gasteiger charge is 2.41. The van der Waals surface area contributed by atoms with Crippen LogP contribution in [0.4, 0.5) is 0 Å². The van der Waals surface area contributed by atoms with Crippen LogP contribution in [-0.2, 0) is 19.1 Å². The van der Waals surface area contributed by atoms with Crippen molar-refractivity contribution in [3.8, 4) is 0 Å². The van der Waals surface area contributed by atoms with Crippen molar-refractivity contribution in [2.24, 2.45) is 11.7 Å². The van der Waals surface area contributed by atoms with Gasteiger partial charge in [0.25, 0.3) is 0 Å². The molecule has 1 aliphatic rings. The van der Waals surface area contributed by atoms with Crippen LogP contribution in [-0.4, -0.2) is 30.2 Å². The molecule has 0 amide bonds. The van der Waals surface area contributed by atoms with Gasteiger partial charge in [0.05, 0.1) is 13.0 Å². The first kappa shape index (κ1) is 14.7. The monoisotopic (exact) mass is 255 g/mol. The maximum atomic E-state index is 11.9. The van der Waals surface area contributed by atoms with E-state index in [-0.39, 0.29) is 12.4 Å². The van der Waals surface area contributed by atoms with E-state index in [1.165, 1.54) is 7.11 Å². The molecule has 102 valence electrons. The van der Waals surface area contributed by atoms with E-state index in [4.69, 9.17) is 10.5 Å². The van der Waals surface area contributed by atoms with E-state index in [2.05, 4.69) is 4.74 Å². The Bertz CT molecular complexity index is 370. The Hall–Kier alpha value is -1.36. The lowest BCUT2D eigenvalue weighted by molar-refractivity contribution is -0.160. The summed E-state index contributed by atoms with van der Waals surface area (Å²) < 4.78 is 9.96. The Morgan fingerprint density at radius 1 is 1.39 bits per heavy atom. The third-order valence-corrected chi connectivity index (χ3v) is 2.74. The molecule has 0 unspecified atom stereocenters. The molecule has 5 heteroatoms. The van der Waals surface area contributed by atoms with Crippen molar-refractivity contribution in [1.29, 1.82) is 0 Å². The van der Waals surface area contributed by atoms with E-state index >= 15 is 0 Å². The van der Waals surface area contributed by atoms with Crippen molar-refractivity contribution in [2.75, 3.05) is 7.11 Å². The molecule has 0 saturated carbocycles. The van der Waals surface area contributed by atoms with Crippen LogP contribution in [0.25, 0.3) is 0 Å². The summed E-state index contributed by atoms with van der Waals surface area (Å²) in [6.07, 6.45) is 4.06. The maximum Gasteiger partial charge on any atom is 0.326 e. The fourth-order valence-electron chi connectivity index (χ4n) is 1.90. The molecule has 0 fully saturated rings. The molecule has 0 heterocycles. The summed E-state index contributed by atoms with van der Waals surface area (Å²) in [6, 6.07) is 0. The van der Waals surface area contributed by atoms with Gasteiger partial charge in [0, 0.05) is 0 Å². The van der Waals surface area contributed by atoms with Gasteiger partial charge >= 0.3 is 11.9 Å². The smallest absolute Gasteiger partial charge is 0.326 e. The Kier molecular flexibility index (Phi) is 4.16. The maximum absolute atomic E-state index is 11.9. The predicted octanol–water partition coefficient (Wildman–Crippen LogP) is 1.16. The lowest BCUT2D eigenvalue weighted by atomic mass is 9.80. The van der Waals surface area contributed by atoms with E-state index in [0.717, 1.165) is 0 Å². The topological polar surface area (TPSA) is 78.6 Å². The van der Waals surface area contributed by atoms with Gasteiger partial charge in [-0.05, 0) is 33.6 Å². The molecule has 0 saturated heterocycles. The predicted molar refractivity (Wildman–Crippen MR) is 66.6 cm³/mol. The summed E-state index contributed by atoms with van der Waals surface area (Å²) in [7, 11) is 1.29. The van der Waals surface area contributed by atoms with Gasteiger partial charge in [-0.3, -0.25) is 9.59 Å². The van der Waals surface area contributed by atoms with Gasteiger partial charge in [0.2, 0.25) is 0 Å². The molecule has 0 aliphatic heterocycles. The van der Waals surface area contributed by atoms with Crippen molar-refractivity contribution in [3.63, 3.8) is 0 Å². The Morgan fingerprint density at radius 2 is 2.00 bits per heavy atom. The van der Waals surface area contributed by atoms with Crippen LogP contribution < -0.4 is 5.73 Å². The van der Waals surface area contributed by atoms with Gasteiger partial charge in [-0.15, -0.1) is 0 Å². The fraction of sp³-hybridized carbons (Fsp3) is 0.692. The van der Waals surface area contributed by atoms with E-state index < -0.39 is 23.0 Å². The summed E-state index contributed by atoms with van der Waals surface area (Å²) in [5.41, 5.74) is 4.29. The molecule has 0 bridgehead atoms. The number of esters is 2. The highest BCUT2D eigenvalue weighted by molar-refractivity contribution is 5.83. The summed E-state index contributed by atoms with van der Waals surface area (Å²) in [5, 5.41) is 0. The summed E-state index contributed by atoms with van der Waals surface area (Å²) >= 11 is 0. The first-order chi connectivity index (χ1) is 8.18. The zero-order valence-corrected chi connectivity index (χ0v) is 11.4. The number of carbonyl (C=O) groups excluding carboxylic acids is 2. The van der Waals surface area contributed by atoms with Gasteiger partial charge in [0.15, 0.2) is 0 Å². The highest BCUT2D eigenvalue weighted by atomic mass is 16.6. The van der Waals surface area contributed by atoms with Gasteiger partial charge in [-0.25, -0.2) is 0 Å². The Labute approximate surface area is 107 Å². The molecule has 2 N–H and O–H groups in total. The van der Waals surface area contributed by atoms with E-state index in [9.17, 15) is 9.59 Å². The fourth-order valence-corrected chi connectivity index (χ4v) is 1.90. The van der Waals surface area contributed by atoms with Crippen LogP contribution in [0.2, 0.25) is 0 Å². The second kappa shape index (κ2) is 5.10. The SMILES string of the molecule is COC(=O)[C@]1(N)CC=C[C@H](C(=O)OC(C)(C)C)C1. The minimum absolute atomic E-state index is 0.213. The first-order valence-corrected chi connectivity index (χ1v) is 5.95. The lowest BCUT2D eigenvalue weighted by Crippen LogP contribution is -2.52. The third kappa shape index (κ3) is 3.57. The lowest BCUT2D eigenvalue weighted by Gasteiger charge is -2.32. The van der Waals surface area contributed by atoms with Crippen LogP contribution in [0.15, 0.2) is 12.2 Å². The molecule has 5 nitrogen and oxygen atoms in total. The third-order valence-electron chi connectivity index (χ3n) is 2.74. The van der Waals surface area contributed by atoms with E-state index in [0.29, 0.717) is 6.42 Å². The average Bonchev–Trinajstić information content (AvgIpc) is 2.25. The second-order valence-corrected chi connectivity index (χ2v) is 5.62. The molecule has 18 heavy (non-hydrogen) atoms. The van der Waals surface area contributed by atoms with Crippen LogP contribution in [0.5, 0.6) is 0 Å². The Morgan fingerprint density at radius 3 is 2.50 bits per heavy atom. The van der Waals surface area contributed by atoms with Crippen molar-refractivity contribution < 1.29 is 19.1 Å². The molecule has 2 atom stereocenters. The van der Waals surface area contributed by atoms with Gasteiger partial charge in [-0.2, -0.15) is 0 Å². The zero-order valence-electron chi connectivity index (χ0n) is 11.4. The van der Waals surface area contributed by atoms with Crippen LogP contribution >= 0.6 is 0 Å². The van der Waals surface area contributed by atoms with Gasteiger partial charge in [0.1, 0.15) is 11.1 Å². The molecular formula is C13H21NO4. The quantitative estimate of drug-likeness (QED) is 0.592. The number of nitrogens with two attached hydrogens (primary N) is 1. The molecule has 1 rings (SSSR count). The minimum Gasteiger partial charge on any atom is -0.468 e. The second-order valence-electron chi connectivity index (χ2n) is 5.62. The molecule has 1 aliphatic carbocycles. The molecule has 0 spiro atoms. The highest BCUT2D eigenvalue weighted by Crippen LogP contribution is 2.28. The summed E-state index contributed by atoms with van der Waals surface area (Å²) in [4.78, 5) is 23.5. The minimum atomic E-state index is -1.13. The van der Waals surface area contributed by atoms with Crippen molar-refractivity contribution >= 4 is 11.9 Å². The molecule has 0 aromatic rings. The van der Waals surface area contributed by atoms with Crippen molar-refractivity contribution in [1.82, 2.24) is 0 Å². The average molecular weight is 255 g/mol. The molecule has 0 aromatic heterocycles. The number of carbonyl (C=O) groups is 2. The molecule has 0 aromatic carbocycles. The van der Waals surface area contributed by atoms with Crippen LogP contribution in [0, 0.1) is 5.92 Å². The van der Waals surface area contributed by atoms with Crippen molar-refractivity contribution in [2.45, 2.75) is 44.8 Å². The normalized spacial score (nSPS) is 27.7. The number of ether oxygens (including phenoxy) is 2. The molecular weight excluding hydrogens is 234 g/mol. The number of hydrogen-bond acceptors (Lipinski definition) is 5. The Balaban J connectivity index is 2.76. The van der Waals surface area contributed by atoms with Crippen LogP contribution in [0.3, 0.4) is 0 Å². The summed E-state index contributed by atoms with van der Waals surface area (Å²) in [5.74, 6) is -1.36. The molecule has 0 radical (unpaired) electrons. The van der Waals surface area contributed by atoms with Gasteiger partial charge < -0.3 is 15.2 Å². The number of rotatable bonds is 2. The summed E-state index contributed by atoms with van der Waals surface area (Å²) in [6.45, 7) is 5.40. The van der Waals surface area contributed by atoms with Crippen LogP contribution in [0.1, 0.15) is 33.6 Å². The standard InChI is InChI=1S/C13H21NO4/c1-12(2,3)18-10(15)9-6-5-7-13(14,8-9)11(16)17-4/h5-6,9H,7-8,14H2,1-4H3/t9-,13-/m0/s1. The number of methoxy groups -OCH3 is 1. The van der Waals surface area contributed by atoms with Gasteiger partial charge in [-0.1, -0.05) is 12.2 Å². The zero-order chi connectivity index (χ0) is 14.0.